The van der Waals surface area contributed by atoms with E-state index < -0.39 is 0 Å². The Hall–Kier alpha value is -1.29. The molecule has 1 heterocycles. The van der Waals surface area contributed by atoms with Gasteiger partial charge in [0.25, 0.3) is 0 Å². The Kier molecular flexibility index (Phi) is 4.34. The topological polar surface area (TPSA) is 50.9 Å². The van der Waals surface area contributed by atoms with Crippen LogP contribution in [0.3, 0.4) is 0 Å². The van der Waals surface area contributed by atoms with Crippen LogP contribution in [0.5, 0.6) is 0 Å². The third kappa shape index (κ3) is 3.15. The molecular formula is C17H22BrN3. The fraction of sp³-hybridized carbons (Fsp3) is 0.471. The zero-order valence-corrected chi connectivity index (χ0v) is 14.0. The van der Waals surface area contributed by atoms with Gasteiger partial charge in [-0.05, 0) is 37.0 Å². The van der Waals surface area contributed by atoms with Crippen LogP contribution in [0.2, 0.25) is 0 Å². The summed E-state index contributed by atoms with van der Waals surface area (Å²) in [6.07, 6.45) is 8.27. The Morgan fingerprint density at radius 3 is 2.90 bits per heavy atom. The first kappa shape index (κ1) is 14.6. The number of benzene rings is 1. The van der Waals surface area contributed by atoms with Crippen molar-refractivity contribution in [1.82, 2.24) is 4.98 Å². The van der Waals surface area contributed by atoms with Crippen LogP contribution in [-0.4, -0.2) is 11.0 Å². The fourth-order valence-corrected chi connectivity index (χ4v) is 3.60. The van der Waals surface area contributed by atoms with E-state index in [-0.39, 0.29) is 0 Å². The molecule has 3 N–H and O–H groups in total. The van der Waals surface area contributed by atoms with Crippen LogP contribution in [0.25, 0.3) is 10.9 Å². The fourth-order valence-electron chi connectivity index (χ4n) is 3.23. The van der Waals surface area contributed by atoms with Crippen LogP contribution in [-0.2, 0) is 0 Å². The zero-order valence-electron chi connectivity index (χ0n) is 12.4. The highest BCUT2D eigenvalue weighted by molar-refractivity contribution is 9.10. The van der Waals surface area contributed by atoms with Gasteiger partial charge in [-0.2, -0.15) is 0 Å². The quantitative estimate of drug-likeness (QED) is 0.754. The molecule has 21 heavy (non-hydrogen) atoms. The Labute approximate surface area is 134 Å². The molecular weight excluding hydrogens is 326 g/mol. The van der Waals surface area contributed by atoms with E-state index in [0.29, 0.717) is 12.0 Å². The third-order valence-electron chi connectivity index (χ3n) is 4.55. The summed E-state index contributed by atoms with van der Waals surface area (Å²) in [5.74, 6) is 0.683. The van der Waals surface area contributed by atoms with Crippen molar-refractivity contribution in [3.8, 4) is 0 Å². The van der Waals surface area contributed by atoms with Crippen LogP contribution < -0.4 is 11.1 Å². The molecule has 1 aromatic carbocycles. The van der Waals surface area contributed by atoms with Crippen molar-refractivity contribution in [3.63, 3.8) is 0 Å². The molecule has 1 aromatic heterocycles. The number of nitrogens with one attached hydrogen (secondary N) is 1. The molecule has 112 valence electrons. The molecule has 0 saturated heterocycles. The van der Waals surface area contributed by atoms with Gasteiger partial charge in [0.05, 0.1) is 23.1 Å². The second kappa shape index (κ2) is 6.22. The SMILES string of the molecule is CC1CCCCCC1Nc1c(N)cnc2ccc(Br)cc12. The molecule has 0 bridgehead atoms. The summed E-state index contributed by atoms with van der Waals surface area (Å²) in [5, 5.41) is 4.82. The molecule has 2 atom stereocenters. The number of aromatic nitrogens is 1. The molecule has 4 heteroatoms. The summed E-state index contributed by atoms with van der Waals surface area (Å²) >= 11 is 3.54. The Morgan fingerprint density at radius 1 is 1.24 bits per heavy atom. The third-order valence-corrected chi connectivity index (χ3v) is 5.04. The first-order valence-electron chi connectivity index (χ1n) is 7.75. The van der Waals surface area contributed by atoms with E-state index in [4.69, 9.17) is 5.73 Å². The summed E-state index contributed by atoms with van der Waals surface area (Å²) in [4.78, 5) is 4.43. The van der Waals surface area contributed by atoms with Gasteiger partial charge in [-0.3, -0.25) is 4.98 Å². The minimum Gasteiger partial charge on any atom is -0.396 e. The summed E-state index contributed by atoms with van der Waals surface area (Å²) in [7, 11) is 0. The molecule has 3 rings (SSSR count). The minimum atomic E-state index is 0.499. The van der Waals surface area contributed by atoms with Gasteiger partial charge >= 0.3 is 0 Å². The maximum absolute atomic E-state index is 6.20. The molecule has 1 aliphatic carbocycles. The number of hydrogen-bond acceptors (Lipinski definition) is 3. The van der Waals surface area contributed by atoms with Gasteiger partial charge in [0.15, 0.2) is 0 Å². The average molecular weight is 348 g/mol. The largest absolute Gasteiger partial charge is 0.396 e. The van der Waals surface area contributed by atoms with Gasteiger partial charge in [-0.25, -0.2) is 0 Å². The first-order valence-corrected chi connectivity index (χ1v) is 8.55. The van der Waals surface area contributed by atoms with E-state index in [1.165, 1.54) is 32.1 Å². The van der Waals surface area contributed by atoms with Crippen molar-refractivity contribution >= 4 is 38.2 Å². The van der Waals surface area contributed by atoms with Crippen molar-refractivity contribution in [2.24, 2.45) is 5.92 Å². The van der Waals surface area contributed by atoms with Crippen molar-refractivity contribution < 1.29 is 0 Å². The predicted molar refractivity (Wildman–Crippen MR) is 93.5 cm³/mol. The lowest BCUT2D eigenvalue weighted by molar-refractivity contribution is 0.457. The lowest BCUT2D eigenvalue weighted by atomic mass is 9.96. The van der Waals surface area contributed by atoms with E-state index in [2.05, 4.69) is 39.2 Å². The van der Waals surface area contributed by atoms with Gasteiger partial charge in [0.2, 0.25) is 0 Å². The molecule has 0 amide bonds. The number of nitrogen functional groups attached to an aromatic ring is 1. The van der Waals surface area contributed by atoms with Crippen molar-refractivity contribution in [2.75, 3.05) is 11.1 Å². The summed E-state index contributed by atoms with van der Waals surface area (Å²) < 4.78 is 1.05. The van der Waals surface area contributed by atoms with E-state index in [9.17, 15) is 0 Å². The van der Waals surface area contributed by atoms with Gasteiger partial charge < -0.3 is 11.1 Å². The maximum atomic E-state index is 6.20. The van der Waals surface area contributed by atoms with E-state index in [1.807, 2.05) is 12.1 Å². The monoisotopic (exact) mass is 347 g/mol. The van der Waals surface area contributed by atoms with Crippen LogP contribution in [0.15, 0.2) is 28.9 Å². The summed E-state index contributed by atoms with van der Waals surface area (Å²) in [5.41, 5.74) is 8.96. The number of halogens is 1. The van der Waals surface area contributed by atoms with Crippen LogP contribution in [0.1, 0.15) is 39.0 Å². The van der Waals surface area contributed by atoms with E-state index >= 15 is 0 Å². The Balaban J connectivity index is 1.98. The van der Waals surface area contributed by atoms with Crippen LogP contribution in [0, 0.1) is 5.92 Å². The number of pyridine rings is 1. The standard InChI is InChI=1S/C17H22BrN3/c1-11-5-3-2-4-6-15(11)21-17-13-9-12(18)7-8-16(13)20-10-14(17)19/h7-11,15H,2-6,19H2,1H3,(H,20,21). The maximum Gasteiger partial charge on any atom is 0.0743 e. The second-order valence-corrected chi connectivity index (χ2v) is 7.03. The van der Waals surface area contributed by atoms with E-state index in [1.54, 1.807) is 6.20 Å². The van der Waals surface area contributed by atoms with E-state index in [0.717, 1.165) is 26.8 Å². The normalized spacial score (nSPS) is 23.0. The Morgan fingerprint density at radius 2 is 2.05 bits per heavy atom. The number of nitrogens with two attached hydrogens (primary N) is 1. The molecule has 0 radical (unpaired) electrons. The smallest absolute Gasteiger partial charge is 0.0743 e. The number of fused-ring (bicyclic) bond motifs is 1. The van der Waals surface area contributed by atoms with Crippen LogP contribution in [0.4, 0.5) is 11.4 Å². The predicted octanol–water partition coefficient (Wildman–Crippen LogP) is 4.96. The molecule has 0 spiro atoms. The molecule has 1 saturated carbocycles. The number of nitrogens with zero attached hydrogens (tertiary/aromatic N) is 1. The van der Waals surface area contributed by atoms with Crippen molar-refractivity contribution in [3.05, 3.63) is 28.9 Å². The van der Waals surface area contributed by atoms with Crippen LogP contribution >= 0.6 is 15.9 Å². The number of anilines is 2. The highest BCUT2D eigenvalue weighted by atomic mass is 79.9. The van der Waals surface area contributed by atoms with Gasteiger partial charge in [0, 0.05) is 15.9 Å². The summed E-state index contributed by atoms with van der Waals surface area (Å²) in [6, 6.07) is 6.64. The lowest BCUT2D eigenvalue weighted by Crippen LogP contribution is -2.26. The highest BCUT2D eigenvalue weighted by Gasteiger charge is 2.21. The molecule has 2 unspecified atom stereocenters. The zero-order chi connectivity index (χ0) is 14.8. The lowest BCUT2D eigenvalue weighted by Gasteiger charge is -2.25. The molecule has 3 nitrogen and oxygen atoms in total. The average Bonchev–Trinajstić information content (AvgIpc) is 2.67. The second-order valence-electron chi connectivity index (χ2n) is 6.12. The number of rotatable bonds is 2. The summed E-state index contributed by atoms with van der Waals surface area (Å²) in [6.45, 7) is 2.35. The van der Waals surface area contributed by atoms with Gasteiger partial charge in [-0.1, -0.05) is 42.1 Å². The Bertz CT molecular complexity index is 636. The number of hydrogen-bond donors (Lipinski definition) is 2. The molecule has 1 aliphatic rings. The molecule has 1 fully saturated rings. The van der Waals surface area contributed by atoms with Gasteiger partial charge in [0.1, 0.15) is 0 Å². The highest BCUT2D eigenvalue weighted by Crippen LogP contribution is 2.33. The van der Waals surface area contributed by atoms with Gasteiger partial charge in [-0.15, -0.1) is 0 Å². The first-order chi connectivity index (χ1) is 10.1. The molecule has 2 aromatic rings. The molecule has 0 aliphatic heterocycles. The minimum absolute atomic E-state index is 0.499. The van der Waals surface area contributed by atoms with Crippen molar-refractivity contribution in [1.29, 1.82) is 0 Å². The van der Waals surface area contributed by atoms with Crippen molar-refractivity contribution in [2.45, 2.75) is 45.1 Å².